The van der Waals surface area contributed by atoms with Gasteiger partial charge in [-0.1, -0.05) is 0 Å². The van der Waals surface area contributed by atoms with Crippen LogP contribution in [-0.2, 0) is 0 Å². The Hall–Kier alpha value is -1.23. The molecule has 2 rings (SSSR count). The van der Waals surface area contributed by atoms with Gasteiger partial charge in [-0.15, -0.1) is 11.3 Å². The molecule has 0 atom stereocenters. The average Bonchev–Trinajstić information content (AvgIpc) is 2.33. The van der Waals surface area contributed by atoms with Gasteiger partial charge in [0.2, 0.25) is 5.95 Å². The van der Waals surface area contributed by atoms with Crippen molar-refractivity contribution in [3.05, 3.63) is 11.7 Å². The van der Waals surface area contributed by atoms with Crippen LogP contribution >= 0.6 is 11.3 Å². The summed E-state index contributed by atoms with van der Waals surface area (Å²) in [7, 11) is 0. The molecule has 2 heterocycles. The summed E-state index contributed by atoms with van der Waals surface area (Å²) in [5.41, 5.74) is 7.72. The predicted molar refractivity (Wildman–Crippen MR) is 39.6 cm³/mol. The van der Waals surface area contributed by atoms with Crippen LogP contribution in [0.25, 0.3) is 10.3 Å². The monoisotopic (exact) mass is 152 g/mol. The Morgan fingerprint density at radius 2 is 2.30 bits per heavy atom. The topological polar surface area (TPSA) is 64.7 Å². The molecule has 50 valence electrons. The smallest absolute Gasteiger partial charge is 0.222 e. The van der Waals surface area contributed by atoms with Crippen LogP contribution in [0, 0.1) is 0 Å². The van der Waals surface area contributed by atoms with E-state index in [4.69, 9.17) is 5.73 Å². The van der Waals surface area contributed by atoms with Crippen molar-refractivity contribution >= 4 is 27.6 Å². The van der Waals surface area contributed by atoms with Gasteiger partial charge < -0.3 is 5.73 Å². The second-order valence-corrected chi connectivity index (χ2v) is 2.65. The van der Waals surface area contributed by atoms with Gasteiger partial charge in [0.05, 0.1) is 16.4 Å². The van der Waals surface area contributed by atoms with Crippen LogP contribution < -0.4 is 5.73 Å². The first-order valence-corrected chi connectivity index (χ1v) is 3.56. The van der Waals surface area contributed by atoms with E-state index in [0.717, 1.165) is 4.70 Å². The first-order chi connectivity index (χ1) is 4.86. The van der Waals surface area contributed by atoms with Crippen molar-refractivity contribution in [1.82, 2.24) is 15.0 Å². The van der Waals surface area contributed by atoms with Gasteiger partial charge in [0.25, 0.3) is 0 Å². The SMILES string of the molecule is Nc1ncc2scnc2n1. The number of hydrogen-bond acceptors (Lipinski definition) is 5. The molecule has 0 fully saturated rings. The zero-order chi connectivity index (χ0) is 6.97. The number of anilines is 1. The fourth-order valence-corrected chi connectivity index (χ4v) is 1.27. The highest BCUT2D eigenvalue weighted by atomic mass is 32.1. The lowest BCUT2D eigenvalue weighted by Gasteiger charge is -1.87. The van der Waals surface area contributed by atoms with Gasteiger partial charge in [-0.3, -0.25) is 0 Å². The minimum atomic E-state index is 0.276. The molecule has 0 saturated carbocycles. The van der Waals surface area contributed by atoms with Crippen molar-refractivity contribution in [3.8, 4) is 0 Å². The van der Waals surface area contributed by atoms with Crippen molar-refractivity contribution in [2.24, 2.45) is 0 Å². The molecule has 0 bridgehead atoms. The number of rotatable bonds is 0. The third-order valence-electron chi connectivity index (χ3n) is 1.11. The molecule has 0 unspecified atom stereocenters. The second kappa shape index (κ2) is 1.88. The quantitative estimate of drug-likeness (QED) is 0.602. The number of aromatic nitrogens is 3. The Bertz CT molecular complexity index is 355. The lowest BCUT2D eigenvalue weighted by Crippen LogP contribution is -1.92. The van der Waals surface area contributed by atoms with Crippen LogP contribution in [0.3, 0.4) is 0 Å². The molecule has 4 nitrogen and oxygen atoms in total. The summed E-state index contributed by atoms with van der Waals surface area (Å²) in [5, 5.41) is 0. The molecule has 2 aromatic rings. The van der Waals surface area contributed by atoms with Gasteiger partial charge >= 0.3 is 0 Å². The van der Waals surface area contributed by atoms with E-state index < -0.39 is 0 Å². The van der Waals surface area contributed by atoms with Gasteiger partial charge in [0.1, 0.15) is 0 Å². The van der Waals surface area contributed by atoms with E-state index in [1.807, 2.05) is 0 Å². The third kappa shape index (κ3) is 0.714. The highest BCUT2D eigenvalue weighted by Crippen LogP contribution is 2.13. The van der Waals surface area contributed by atoms with E-state index in [1.165, 1.54) is 11.3 Å². The normalized spacial score (nSPS) is 10.4. The van der Waals surface area contributed by atoms with Crippen LogP contribution in [0.2, 0.25) is 0 Å². The Kier molecular flexibility index (Phi) is 1.04. The summed E-state index contributed by atoms with van der Waals surface area (Å²) in [6, 6.07) is 0. The Morgan fingerprint density at radius 1 is 1.40 bits per heavy atom. The van der Waals surface area contributed by atoms with Crippen molar-refractivity contribution < 1.29 is 0 Å². The summed E-state index contributed by atoms with van der Waals surface area (Å²) in [6.07, 6.45) is 1.68. The second-order valence-electron chi connectivity index (χ2n) is 1.77. The van der Waals surface area contributed by atoms with E-state index in [-0.39, 0.29) is 5.95 Å². The number of hydrogen-bond donors (Lipinski definition) is 1. The lowest BCUT2D eigenvalue weighted by molar-refractivity contribution is 1.22. The van der Waals surface area contributed by atoms with Crippen LogP contribution in [0.5, 0.6) is 0 Å². The highest BCUT2D eigenvalue weighted by Gasteiger charge is 1.96. The van der Waals surface area contributed by atoms with Gasteiger partial charge in [-0.05, 0) is 0 Å². The fourth-order valence-electron chi connectivity index (χ4n) is 0.684. The molecule has 5 heteroatoms. The summed E-state index contributed by atoms with van der Waals surface area (Å²) >= 11 is 1.50. The largest absolute Gasteiger partial charge is 0.368 e. The van der Waals surface area contributed by atoms with Crippen LogP contribution in [0.4, 0.5) is 5.95 Å². The summed E-state index contributed by atoms with van der Waals surface area (Å²) in [6.45, 7) is 0. The highest BCUT2D eigenvalue weighted by molar-refractivity contribution is 7.16. The Balaban J connectivity index is 2.86. The van der Waals surface area contributed by atoms with E-state index >= 15 is 0 Å². The Labute approximate surface area is 60.8 Å². The molecule has 0 aromatic carbocycles. The van der Waals surface area contributed by atoms with E-state index in [1.54, 1.807) is 11.7 Å². The zero-order valence-electron chi connectivity index (χ0n) is 4.98. The molecule has 0 radical (unpaired) electrons. The minimum Gasteiger partial charge on any atom is -0.368 e. The van der Waals surface area contributed by atoms with Crippen molar-refractivity contribution in [1.29, 1.82) is 0 Å². The summed E-state index contributed by atoms with van der Waals surface area (Å²) in [5.74, 6) is 0.276. The van der Waals surface area contributed by atoms with Gasteiger partial charge in [0.15, 0.2) is 5.65 Å². The standard InChI is InChI=1S/C5H4N4S/c6-5-7-1-3-4(9-5)8-2-10-3/h1-2H,(H2,6,7,9). The predicted octanol–water partition coefficient (Wildman–Crippen LogP) is 0.668. The molecular formula is C5H4N4S. The number of nitrogens with zero attached hydrogens (tertiary/aromatic N) is 3. The molecule has 0 aliphatic carbocycles. The van der Waals surface area contributed by atoms with Crippen molar-refractivity contribution in [3.63, 3.8) is 0 Å². The molecular weight excluding hydrogens is 148 g/mol. The molecule has 0 amide bonds. The maximum Gasteiger partial charge on any atom is 0.222 e. The van der Waals surface area contributed by atoms with Crippen LogP contribution in [-0.4, -0.2) is 15.0 Å². The summed E-state index contributed by atoms with van der Waals surface area (Å²) < 4.78 is 0.967. The minimum absolute atomic E-state index is 0.276. The molecule has 2 aromatic heterocycles. The molecule has 0 aliphatic heterocycles. The first kappa shape index (κ1) is 5.55. The van der Waals surface area contributed by atoms with E-state index in [2.05, 4.69) is 15.0 Å². The maximum atomic E-state index is 5.33. The average molecular weight is 152 g/mol. The molecule has 10 heavy (non-hydrogen) atoms. The number of nitrogens with two attached hydrogens (primary N) is 1. The molecule has 0 spiro atoms. The van der Waals surface area contributed by atoms with Crippen LogP contribution in [0.15, 0.2) is 11.7 Å². The van der Waals surface area contributed by atoms with Crippen molar-refractivity contribution in [2.45, 2.75) is 0 Å². The Morgan fingerprint density at radius 3 is 3.20 bits per heavy atom. The number of fused-ring (bicyclic) bond motifs is 1. The maximum absolute atomic E-state index is 5.33. The lowest BCUT2D eigenvalue weighted by atomic mass is 10.6. The fraction of sp³-hybridized carbons (Fsp3) is 0. The van der Waals surface area contributed by atoms with Gasteiger partial charge in [-0.2, -0.15) is 4.98 Å². The van der Waals surface area contributed by atoms with E-state index in [9.17, 15) is 0 Å². The van der Waals surface area contributed by atoms with Crippen LogP contribution in [0.1, 0.15) is 0 Å². The number of nitrogen functional groups attached to an aromatic ring is 1. The third-order valence-corrected chi connectivity index (χ3v) is 1.86. The van der Waals surface area contributed by atoms with Crippen molar-refractivity contribution in [2.75, 3.05) is 5.73 Å². The molecule has 0 saturated heterocycles. The van der Waals surface area contributed by atoms with Gasteiger partial charge in [0, 0.05) is 0 Å². The van der Waals surface area contributed by atoms with Gasteiger partial charge in [-0.25, -0.2) is 9.97 Å². The summed E-state index contributed by atoms with van der Waals surface area (Å²) in [4.78, 5) is 11.7. The zero-order valence-corrected chi connectivity index (χ0v) is 5.80. The number of thiazole rings is 1. The molecule has 2 N–H and O–H groups in total. The molecule has 0 aliphatic rings. The first-order valence-electron chi connectivity index (χ1n) is 2.68. The van der Waals surface area contributed by atoms with E-state index in [0.29, 0.717) is 5.65 Å².